The Morgan fingerprint density at radius 2 is 2.12 bits per heavy atom. The molecular formula is C18H25N5O2. The van der Waals surface area contributed by atoms with Gasteiger partial charge in [0.2, 0.25) is 0 Å². The minimum absolute atomic E-state index is 0.105. The Morgan fingerprint density at radius 1 is 1.40 bits per heavy atom. The molecular weight excluding hydrogens is 318 g/mol. The van der Waals surface area contributed by atoms with Gasteiger partial charge in [-0.05, 0) is 37.2 Å². The topological polar surface area (TPSA) is 85.3 Å². The first-order valence-corrected chi connectivity index (χ1v) is 9.06. The Balaban J connectivity index is 1.45. The number of hydrogen-bond donors (Lipinski definition) is 2. The molecule has 4 rings (SSSR count). The molecule has 2 fully saturated rings. The van der Waals surface area contributed by atoms with Crippen molar-refractivity contribution in [3.8, 4) is 0 Å². The van der Waals surface area contributed by atoms with Gasteiger partial charge in [0.05, 0.1) is 5.39 Å². The molecule has 0 bridgehead atoms. The first-order valence-electron chi connectivity index (χ1n) is 9.06. The third-order valence-corrected chi connectivity index (χ3v) is 5.92. The van der Waals surface area contributed by atoms with Gasteiger partial charge < -0.3 is 19.9 Å². The number of hydrogen-bond acceptors (Lipinski definition) is 5. The van der Waals surface area contributed by atoms with Crippen LogP contribution < -0.4 is 4.90 Å². The van der Waals surface area contributed by atoms with Crippen molar-refractivity contribution in [3.63, 3.8) is 0 Å². The number of fused-ring (bicyclic) bond motifs is 2. The molecule has 0 aromatic carbocycles. The number of rotatable bonds is 4. The highest BCUT2D eigenvalue weighted by molar-refractivity contribution is 5.87. The number of amides is 1. The average molecular weight is 343 g/mol. The molecule has 2 N–H and O–H groups in total. The summed E-state index contributed by atoms with van der Waals surface area (Å²) in [7, 11) is 2.10. The fraction of sp³-hybridized carbons (Fsp3) is 0.611. The molecule has 7 nitrogen and oxygen atoms in total. The largest absolute Gasteiger partial charge is 0.383 e. The molecule has 2 aromatic heterocycles. The van der Waals surface area contributed by atoms with Crippen LogP contribution in [0.2, 0.25) is 0 Å². The number of carbonyl (C=O) groups excluding carboxylic acids is 1. The van der Waals surface area contributed by atoms with Crippen molar-refractivity contribution in [3.05, 3.63) is 18.6 Å². The predicted octanol–water partition coefficient (Wildman–Crippen LogP) is 1.40. The van der Waals surface area contributed by atoms with E-state index in [1.165, 1.54) is 0 Å². The zero-order chi connectivity index (χ0) is 17.6. The minimum Gasteiger partial charge on any atom is -0.383 e. The number of aliphatic hydroxyl groups is 1. The zero-order valence-electron chi connectivity index (χ0n) is 14.7. The van der Waals surface area contributed by atoms with E-state index in [9.17, 15) is 9.90 Å². The van der Waals surface area contributed by atoms with Crippen molar-refractivity contribution in [1.82, 2.24) is 19.9 Å². The summed E-state index contributed by atoms with van der Waals surface area (Å²) in [4.78, 5) is 28.2. The van der Waals surface area contributed by atoms with Crippen LogP contribution in [0.4, 0.5) is 5.82 Å². The highest BCUT2D eigenvalue weighted by Gasteiger charge is 2.44. The van der Waals surface area contributed by atoms with E-state index in [1.807, 2.05) is 24.1 Å². The van der Waals surface area contributed by atoms with E-state index in [4.69, 9.17) is 0 Å². The van der Waals surface area contributed by atoms with Crippen molar-refractivity contribution in [2.45, 2.75) is 38.3 Å². The molecule has 1 saturated heterocycles. The van der Waals surface area contributed by atoms with Crippen molar-refractivity contribution >= 4 is 22.8 Å². The Labute approximate surface area is 147 Å². The lowest BCUT2D eigenvalue weighted by Gasteiger charge is -2.28. The summed E-state index contributed by atoms with van der Waals surface area (Å²) in [5.74, 6) is 1.89. The third kappa shape index (κ3) is 2.76. The number of likely N-dealkylation sites (tertiary alicyclic amines) is 1. The maximum Gasteiger partial charge on any atom is 0.251 e. The maximum absolute atomic E-state index is 12.2. The van der Waals surface area contributed by atoms with Gasteiger partial charge in [-0.2, -0.15) is 0 Å². The fourth-order valence-electron chi connectivity index (χ4n) is 4.46. The molecule has 3 heterocycles. The summed E-state index contributed by atoms with van der Waals surface area (Å²) in [6, 6.07) is 2.44. The number of carbonyl (C=O) groups is 1. The lowest BCUT2D eigenvalue weighted by molar-refractivity contribution is -0.139. The molecule has 1 saturated carbocycles. The molecule has 1 aliphatic heterocycles. The number of aromatic amines is 1. The second-order valence-corrected chi connectivity index (χ2v) is 7.36. The average Bonchev–Trinajstić information content (AvgIpc) is 3.32. The number of aromatic nitrogens is 3. The molecule has 0 radical (unpaired) electrons. The van der Waals surface area contributed by atoms with Crippen LogP contribution in [0, 0.1) is 11.8 Å². The Bertz CT molecular complexity index is 762. The van der Waals surface area contributed by atoms with Crippen LogP contribution >= 0.6 is 0 Å². The number of H-pyrrole nitrogens is 1. The Hall–Kier alpha value is -2.15. The SMILES string of the molecule is CC[C@@H](O)C(=O)N1CC2CC(N(C)c3ncnc4[nH]ccc34)CC2C1. The number of aliphatic hydroxyl groups excluding tert-OH is 1. The first kappa shape index (κ1) is 16.3. The van der Waals surface area contributed by atoms with E-state index >= 15 is 0 Å². The van der Waals surface area contributed by atoms with Gasteiger partial charge in [-0.25, -0.2) is 9.97 Å². The van der Waals surface area contributed by atoms with Crippen molar-refractivity contribution in [2.24, 2.45) is 11.8 Å². The first-order chi connectivity index (χ1) is 12.1. The fourth-order valence-corrected chi connectivity index (χ4v) is 4.46. The van der Waals surface area contributed by atoms with Crippen LogP contribution in [0.5, 0.6) is 0 Å². The second-order valence-electron chi connectivity index (χ2n) is 7.36. The third-order valence-electron chi connectivity index (χ3n) is 5.92. The van der Waals surface area contributed by atoms with Gasteiger partial charge in [0, 0.05) is 32.4 Å². The van der Waals surface area contributed by atoms with Crippen LogP contribution in [-0.4, -0.2) is 63.1 Å². The monoisotopic (exact) mass is 343 g/mol. The predicted molar refractivity (Wildman–Crippen MR) is 95.2 cm³/mol. The summed E-state index contributed by atoms with van der Waals surface area (Å²) in [6.45, 7) is 3.39. The molecule has 2 unspecified atom stereocenters. The van der Waals surface area contributed by atoms with E-state index in [0.717, 1.165) is 42.8 Å². The minimum atomic E-state index is -0.847. The summed E-state index contributed by atoms with van der Waals surface area (Å²) in [5.41, 5.74) is 0.861. The van der Waals surface area contributed by atoms with Crippen LogP contribution in [0.3, 0.4) is 0 Å². The van der Waals surface area contributed by atoms with Crippen LogP contribution in [0.15, 0.2) is 18.6 Å². The standard InChI is InChI=1S/C18H25N5O2/c1-3-15(24)18(25)23-8-11-6-13(7-12(11)9-23)22(2)17-14-4-5-19-16(14)20-10-21-17/h4-5,10-13,15,24H,3,6-9H2,1-2H3,(H,19,20,21)/t11?,12?,13?,15-/m1/s1. The lowest BCUT2D eigenvalue weighted by atomic mass is 10.0. The molecule has 3 atom stereocenters. The van der Waals surface area contributed by atoms with Gasteiger partial charge >= 0.3 is 0 Å². The summed E-state index contributed by atoms with van der Waals surface area (Å²) in [5, 5.41) is 10.8. The van der Waals surface area contributed by atoms with Gasteiger partial charge in [0.25, 0.3) is 5.91 Å². The molecule has 1 aliphatic carbocycles. The van der Waals surface area contributed by atoms with Crippen LogP contribution in [0.1, 0.15) is 26.2 Å². The van der Waals surface area contributed by atoms with Gasteiger partial charge in [0.1, 0.15) is 23.9 Å². The van der Waals surface area contributed by atoms with E-state index < -0.39 is 6.10 Å². The maximum atomic E-state index is 12.2. The molecule has 25 heavy (non-hydrogen) atoms. The number of nitrogens with zero attached hydrogens (tertiary/aromatic N) is 4. The van der Waals surface area contributed by atoms with Crippen LogP contribution in [0.25, 0.3) is 11.0 Å². The summed E-state index contributed by atoms with van der Waals surface area (Å²) >= 11 is 0. The highest BCUT2D eigenvalue weighted by atomic mass is 16.3. The zero-order valence-corrected chi connectivity index (χ0v) is 14.7. The quantitative estimate of drug-likeness (QED) is 0.876. The summed E-state index contributed by atoms with van der Waals surface area (Å²) < 4.78 is 0. The smallest absolute Gasteiger partial charge is 0.251 e. The highest BCUT2D eigenvalue weighted by Crippen LogP contribution is 2.41. The molecule has 0 spiro atoms. The van der Waals surface area contributed by atoms with Gasteiger partial charge in [0.15, 0.2) is 0 Å². The number of anilines is 1. The van der Waals surface area contributed by atoms with Crippen molar-refractivity contribution < 1.29 is 9.90 Å². The van der Waals surface area contributed by atoms with Gasteiger partial charge in [-0.3, -0.25) is 4.79 Å². The molecule has 2 aliphatic rings. The van der Waals surface area contributed by atoms with Gasteiger partial charge in [-0.15, -0.1) is 0 Å². The summed E-state index contributed by atoms with van der Waals surface area (Å²) in [6.07, 6.45) is 5.25. The van der Waals surface area contributed by atoms with E-state index in [1.54, 1.807) is 6.33 Å². The van der Waals surface area contributed by atoms with E-state index in [2.05, 4.69) is 26.9 Å². The normalized spacial score (nSPS) is 26.8. The van der Waals surface area contributed by atoms with Crippen molar-refractivity contribution in [2.75, 3.05) is 25.0 Å². The Kier molecular flexibility index (Phi) is 4.11. The van der Waals surface area contributed by atoms with E-state index in [-0.39, 0.29) is 5.91 Å². The lowest BCUT2D eigenvalue weighted by Crippen LogP contribution is -2.39. The molecule has 7 heteroatoms. The molecule has 1 amide bonds. The number of nitrogens with one attached hydrogen (secondary N) is 1. The Morgan fingerprint density at radius 3 is 2.80 bits per heavy atom. The van der Waals surface area contributed by atoms with Crippen molar-refractivity contribution in [1.29, 1.82) is 0 Å². The molecule has 2 aromatic rings. The van der Waals surface area contributed by atoms with E-state index in [0.29, 0.717) is 24.3 Å². The molecule has 134 valence electrons. The van der Waals surface area contributed by atoms with Crippen LogP contribution in [-0.2, 0) is 4.79 Å². The second kappa shape index (κ2) is 6.29. The van der Waals surface area contributed by atoms with Gasteiger partial charge in [-0.1, -0.05) is 6.92 Å².